The van der Waals surface area contributed by atoms with Gasteiger partial charge in [-0.1, -0.05) is 0 Å². The van der Waals surface area contributed by atoms with Crippen molar-refractivity contribution >= 4 is 23.2 Å². The van der Waals surface area contributed by atoms with Gasteiger partial charge in [0.25, 0.3) is 0 Å². The van der Waals surface area contributed by atoms with Gasteiger partial charge in [0.2, 0.25) is 10.9 Å². The molecular formula is C11H15N3O3S. The summed E-state index contributed by atoms with van der Waals surface area (Å²) in [7, 11) is 0. The number of nitrogens with one attached hydrogen (secondary N) is 1. The molecule has 0 radical (unpaired) electrons. The predicted octanol–water partition coefficient (Wildman–Crippen LogP) is 0.552. The number of piperazine rings is 1. The van der Waals surface area contributed by atoms with Crippen molar-refractivity contribution in [2.75, 3.05) is 13.1 Å². The second-order valence-electron chi connectivity index (χ2n) is 4.69. The second-order valence-corrected chi connectivity index (χ2v) is 5.54. The lowest BCUT2D eigenvalue weighted by Gasteiger charge is -2.40. The molecule has 2 rings (SSSR count). The number of carboxylic acid groups (broad SMARTS) is 1. The molecule has 1 saturated heterocycles. The lowest BCUT2D eigenvalue weighted by molar-refractivity contribution is -0.135. The van der Waals surface area contributed by atoms with Crippen molar-refractivity contribution in [3.8, 4) is 0 Å². The van der Waals surface area contributed by atoms with Gasteiger partial charge in [-0.3, -0.25) is 9.69 Å². The van der Waals surface area contributed by atoms with Gasteiger partial charge in [0.05, 0.1) is 11.2 Å². The van der Waals surface area contributed by atoms with Crippen LogP contribution in [0, 0.1) is 0 Å². The van der Waals surface area contributed by atoms with Crippen LogP contribution < -0.4 is 5.32 Å². The zero-order chi connectivity index (χ0) is 13.3. The summed E-state index contributed by atoms with van der Waals surface area (Å²) in [6.07, 6.45) is 0. The van der Waals surface area contributed by atoms with Gasteiger partial charge in [-0.25, -0.2) is 9.78 Å². The van der Waals surface area contributed by atoms with Crippen LogP contribution in [0.15, 0.2) is 5.38 Å². The molecule has 98 valence electrons. The van der Waals surface area contributed by atoms with Gasteiger partial charge in [-0.15, -0.1) is 11.3 Å². The fourth-order valence-electron chi connectivity index (χ4n) is 1.89. The van der Waals surface area contributed by atoms with Crippen LogP contribution in [0.3, 0.4) is 0 Å². The summed E-state index contributed by atoms with van der Waals surface area (Å²) in [5, 5.41) is 13.5. The van der Waals surface area contributed by atoms with E-state index in [9.17, 15) is 9.59 Å². The number of carboxylic acids is 1. The Balaban J connectivity index is 2.12. The highest BCUT2D eigenvalue weighted by Gasteiger charge is 2.37. The van der Waals surface area contributed by atoms with E-state index in [1.165, 1.54) is 0 Å². The topological polar surface area (TPSA) is 82.5 Å². The standard InChI is InChI=1S/C11H15N3O3S/c1-11(2)10(17)12-3-4-14(11)5-7-6-18-8(13-7)9(15)16/h6H,3-5H2,1-2H3,(H,12,17)(H,15,16). The number of carbonyl (C=O) groups excluding carboxylic acids is 1. The first-order valence-electron chi connectivity index (χ1n) is 5.62. The van der Waals surface area contributed by atoms with Crippen LogP contribution >= 0.6 is 11.3 Å². The molecule has 0 bridgehead atoms. The van der Waals surface area contributed by atoms with Crippen LogP contribution in [0.2, 0.25) is 0 Å². The Morgan fingerprint density at radius 3 is 3.00 bits per heavy atom. The van der Waals surface area contributed by atoms with Crippen LogP contribution in [-0.2, 0) is 11.3 Å². The van der Waals surface area contributed by atoms with E-state index in [0.717, 1.165) is 17.9 Å². The van der Waals surface area contributed by atoms with Crippen LogP contribution in [0.4, 0.5) is 0 Å². The largest absolute Gasteiger partial charge is 0.476 e. The Labute approximate surface area is 109 Å². The number of carbonyl (C=O) groups is 2. The smallest absolute Gasteiger partial charge is 0.365 e. The number of hydrogen-bond donors (Lipinski definition) is 2. The van der Waals surface area contributed by atoms with Gasteiger partial charge in [0.15, 0.2) is 0 Å². The molecule has 1 aliphatic heterocycles. The fourth-order valence-corrected chi connectivity index (χ4v) is 2.54. The minimum atomic E-state index is -1.01. The molecule has 0 atom stereocenters. The molecular weight excluding hydrogens is 254 g/mol. The number of hydrogen-bond acceptors (Lipinski definition) is 5. The maximum absolute atomic E-state index is 11.8. The normalized spacial score (nSPS) is 19.6. The van der Waals surface area contributed by atoms with Gasteiger partial charge < -0.3 is 10.4 Å². The van der Waals surface area contributed by atoms with E-state index in [1.54, 1.807) is 5.38 Å². The van der Waals surface area contributed by atoms with Gasteiger partial charge in [-0.05, 0) is 13.8 Å². The number of nitrogens with zero attached hydrogens (tertiary/aromatic N) is 2. The van der Waals surface area contributed by atoms with Crippen molar-refractivity contribution in [3.63, 3.8) is 0 Å². The van der Waals surface area contributed by atoms with Crippen molar-refractivity contribution in [2.24, 2.45) is 0 Å². The van der Waals surface area contributed by atoms with E-state index in [2.05, 4.69) is 10.3 Å². The lowest BCUT2D eigenvalue weighted by Crippen LogP contribution is -2.61. The van der Waals surface area contributed by atoms with Crippen LogP contribution in [0.5, 0.6) is 0 Å². The first-order valence-corrected chi connectivity index (χ1v) is 6.50. The molecule has 2 N–H and O–H groups in total. The molecule has 0 spiro atoms. The van der Waals surface area contributed by atoms with E-state index in [1.807, 2.05) is 18.7 Å². The van der Waals surface area contributed by atoms with Crippen molar-refractivity contribution < 1.29 is 14.7 Å². The van der Waals surface area contributed by atoms with Crippen LogP contribution in [0.25, 0.3) is 0 Å². The van der Waals surface area contributed by atoms with Crippen molar-refractivity contribution in [1.29, 1.82) is 0 Å². The molecule has 1 aromatic heterocycles. The van der Waals surface area contributed by atoms with Crippen LogP contribution in [0.1, 0.15) is 29.3 Å². The molecule has 0 saturated carbocycles. The molecule has 1 aliphatic rings. The molecule has 6 nitrogen and oxygen atoms in total. The summed E-state index contributed by atoms with van der Waals surface area (Å²) in [6.45, 7) is 5.54. The number of aromatic nitrogens is 1. The molecule has 18 heavy (non-hydrogen) atoms. The van der Waals surface area contributed by atoms with Crippen LogP contribution in [-0.4, -0.2) is 45.5 Å². The summed E-state index contributed by atoms with van der Waals surface area (Å²) in [6, 6.07) is 0. The van der Waals surface area contributed by atoms with Gasteiger partial charge in [-0.2, -0.15) is 0 Å². The Kier molecular flexibility index (Phi) is 3.36. The molecule has 2 heterocycles. The van der Waals surface area contributed by atoms with Gasteiger partial charge in [0.1, 0.15) is 0 Å². The summed E-state index contributed by atoms with van der Waals surface area (Å²) in [5.74, 6) is -1.02. The molecule has 7 heteroatoms. The second kappa shape index (κ2) is 4.66. The first-order chi connectivity index (χ1) is 8.41. The Bertz CT molecular complexity index is 484. The summed E-state index contributed by atoms with van der Waals surface area (Å²) < 4.78 is 0. The average molecular weight is 269 g/mol. The number of rotatable bonds is 3. The zero-order valence-corrected chi connectivity index (χ0v) is 11.1. The molecule has 1 aromatic rings. The highest BCUT2D eigenvalue weighted by atomic mass is 32.1. The minimum absolute atomic E-state index is 0.0116. The Hall–Kier alpha value is -1.47. The SMILES string of the molecule is CC1(C)C(=O)NCCN1Cc1csc(C(=O)O)n1. The van der Waals surface area contributed by atoms with E-state index in [0.29, 0.717) is 18.8 Å². The molecule has 0 unspecified atom stereocenters. The summed E-state index contributed by atoms with van der Waals surface area (Å²) >= 11 is 1.11. The van der Waals surface area contributed by atoms with E-state index < -0.39 is 11.5 Å². The van der Waals surface area contributed by atoms with Gasteiger partial charge >= 0.3 is 5.97 Å². The molecule has 1 fully saturated rings. The number of aromatic carboxylic acids is 1. The zero-order valence-electron chi connectivity index (χ0n) is 10.3. The third-order valence-corrected chi connectivity index (χ3v) is 3.98. The third kappa shape index (κ3) is 2.37. The van der Waals surface area contributed by atoms with E-state index in [-0.39, 0.29) is 10.9 Å². The summed E-state index contributed by atoms with van der Waals surface area (Å²) in [4.78, 5) is 28.6. The maximum atomic E-state index is 11.8. The maximum Gasteiger partial charge on any atom is 0.365 e. The minimum Gasteiger partial charge on any atom is -0.476 e. The van der Waals surface area contributed by atoms with E-state index in [4.69, 9.17) is 5.11 Å². The highest BCUT2D eigenvalue weighted by molar-refractivity contribution is 7.11. The molecule has 0 aromatic carbocycles. The van der Waals surface area contributed by atoms with Crippen molar-refractivity contribution in [1.82, 2.24) is 15.2 Å². The van der Waals surface area contributed by atoms with Crippen molar-refractivity contribution in [2.45, 2.75) is 25.9 Å². The quantitative estimate of drug-likeness (QED) is 0.837. The molecule has 1 amide bonds. The molecule has 0 aliphatic carbocycles. The summed E-state index contributed by atoms with van der Waals surface area (Å²) in [5.41, 5.74) is 0.103. The van der Waals surface area contributed by atoms with Gasteiger partial charge in [0, 0.05) is 25.0 Å². The Morgan fingerprint density at radius 2 is 2.39 bits per heavy atom. The van der Waals surface area contributed by atoms with E-state index >= 15 is 0 Å². The monoisotopic (exact) mass is 269 g/mol. The number of amides is 1. The predicted molar refractivity (Wildman–Crippen MR) is 66.6 cm³/mol. The van der Waals surface area contributed by atoms with Crippen molar-refractivity contribution in [3.05, 3.63) is 16.1 Å². The highest BCUT2D eigenvalue weighted by Crippen LogP contribution is 2.21. The lowest BCUT2D eigenvalue weighted by atomic mass is 9.99. The number of thiazole rings is 1. The fraction of sp³-hybridized carbons (Fsp3) is 0.545. The third-order valence-electron chi connectivity index (χ3n) is 3.10. The average Bonchev–Trinajstić information content (AvgIpc) is 2.74. The first kappa shape index (κ1) is 13.0. The Morgan fingerprint density at radius 1 is 1.67 bits per heavy atom.